The lowest BCUT2D eigenvalue weighted by atomic mass is 9.59. The van der Waals surface area contributed by atoms with Crippen LogP contribution in [0.1, 0.15) is 63.9 Å². The van der Waals surface area contributed by atoms with Gasteiger partial charge >= 0.3 is 0 Å². The first-order valence-corrected chi connectivity index (χ1v) is 11.3. The van der Waals surface area contributed by atoms with Crippen LogP contribution >= 0.6 is 0 Å². The number of hydrogen-bond donors (Lipinski definition) is 2. The van der Waals surface area contributed by atoms with Crippen LogP contribution in [-0.2, 0) is 16.6 Å². The van der Waals surface area contributed by atoms with Crippen LogP contribution in [0.3, 0.4) is 0 Å². The minimum atomic E-state index is -0.100. The molecule has 3 fully saturated rings. The van der Waals surface area contributed by atoms with Gasteiger partial charge in [0.05, 0.1) is 6.10 Å². The predicted octanol–water partition coefficient (Wildman–Crippen LogP) is 2.52. The molecule has 2 amide bonds. The summed E-state index contributed by atoms with van der Waals surface area (Å²) in [5.41, 5.74) is 0.791. The lowest BCUT2D eigenvalue weighted by molar-refractivity contribution is -0.138. The zero-order valence-electron chi connectivity index (χ0n) is 18.9. The summed E-state index contributed by atoms with van der Waals surface area (Å²) in [5.74, 6) is 1.09. The fraction of sp³-hybridized carbons (Fsp3) is 0.783. The molecule has 166 valence electrons. The molecule has 5 atom stereocenters. The van der Waals surface area contributed by atoms with Crippen molar-refractivity contribution in [1.82, 2.24) is 20.4 Å². The molecule has 30 heavy (non-hydrogen) atoms. The Morgan fingerprint density at radius 2 is 2.13 bits per heavy atom. The fourth-order valence-corrected chi connectivity index (χ4v) is 6.52. The number of hydrogen-bond acceptors (Lipinski definition) is 4. The number of aryl methyl sites for hydroxylation is 1. The van der Waals surface area contributed by atoms with Crippen LogP contribution in [0.15, 0.2) is 12.3 Å². The Morgan fingerprint density at radius 3 is 2.80 bits per heavy atom. The zero-order valence-corrected chi connectivity index (χ0v) is 18.9. The first-order valence-electron chi connectivity index (χ1n) is 11.3. The fourth-order valence-electron chi connectivity index (χ4n) is 6.52. The molecule has 2 heterocycles. The largest absolute Gasteiger partial charge is 0.378 e. The van der Waals surface area contributed by atoms with Gasteiger partial charge in [0.15, 0.2) is 0 Å². The van der Waals surface area contributed by atoms with Crippen LogP contribution in [-0.4, -0.2) is 46.9 Å². The van der Waals surface area contributed by atoms with Gasteiger partial charge in [-0.05, 0) is 54.4 Å². The van der Waals surface area contributed by atoms with Crippen molar-refractivity contribution in [3.8, 4) is 0 Å². The second kappa shape index (κ2) is 7.66. The summed E-state index contributed by atoms with van der Waals surface area (Å²) in [6, 6.07) is 1.92. The number of carbonyl (C=O) groups excluding carboxylic acids is 2. The standard InChI is InChI=1S/C23H36N4O3/c1-14(2)19(28)26-21-22(3,4)15-12-16-18(30-11-8-23(16,21)13-15)7-9-24-20(29)17-6-10-25-27(17)5/h6,10,14-16,18,21H,7-9,11-13H2,1-5H3,(H,24,29)(H,26,28)/t15-,16-,18-,21-,23?/m1/s1. The Hall–Kier alpha value is -1.89. The molecule has 1 aromatic heterocycles. The van der Waals surface area contributed by atoms with Gasteiger partial charge in [-0.2, -0.15) is 5.10 Å². The minimum Gasteiger partial charge on any atom is -0.378 e. The molecule has 1 aromatic rings. The molecule has 0 radical (unpaired) electrons. The molecule has 4 rings (SSSR count). The summed E-state index contributed by atoms with van der Waals surface area (Å²) < 4.78 is 7.81. The zero-order chi connectivity index (χ0) is 21.7. The summed E-state index contributed by atoms with van der Waals surface area (Å²) >= 11 is 0. The number of aromatic nitrogens is 2. The van der Waals surface area contributed by atoms with Crippen molar-refractivity contribution < 1.29 is 14.3 Å². The number of amides is 2. The van der Waals surface area contributed by atoms with Gasteiger partial charge in [0, 0.05) is 38.4 Å². The number of fused-ring (bicyclic) bond motifs is 1. The van der Waals surface area contributed by atoms with Gasteiger partial charge in [0.2, 0.25) is 5.91 Å². The molecular formula is C23H36N4O3. The average molecular weight is 417 g/mol. The maximum Gasteiger partial charge on any atom is 0.269 e. The second-order valence-electron chi connectivity index (χ2n) is 10.4. The molecule has 7 nitrogen and oxygen atoms in total. The van der Waals surface area contributed by atoms with E-state index in [0.29, 0.717) is 24.1 Å². The van der Waals surface area contributed by atoms with E-state index >= 15 is 0 Å². The molecule has 1 aliphatic heterocycles. The highest BCUT2D eigenvalue weighted by Crippen LogP contribution is 2.68. The van der Waals surface area contributed by atoms with Crippen molar-refractivity contribution in [2.75, 3.05) is 13.2 Å². The SMILES string of the molecule is CC(C)C(=O)N[C@@H]1C(C)(C)[C@@H]2C[C@@H]3[C@@H](CCNC(=O)c4ccnn4C)OCCC31C2. The molecule has 0 aromatic carbocycles. The lowest BCUT2D eigenvalue weighted by Crippen LogP contribution is -2.60. The number of rotatable bonds is 6. The molecule has 2 bridgehead atoms. The minimum absolute atomic E-state index is 0.00682. The van der Waals surface area contributed by atoms with Crippen molar-refractivity contribution >= 4 is 11.8 Å². The van der Waals surface area contributed by atoms with E-state index in [1.165, 1.54) is 6.42 Å². The second-order valence-corrected chi connectivity index (χ2v) is 10.4. The third-order valence-corrected chi connectivity index (χ3v) is 8.20. The first kappa shape index (κ1) is 21.3. The Balaban J connectivity index is 1.44. The molecule has 2 N–H and O–H groups in total. The highest BCUT2D eigenvalue weighted by molar-refractivity contribution is 5.92. The topological polar surface area (TPSA) is 85.3 Å². The van der Waals surface area contributed by atoms with Crippen molar-refractivity contribution in [1.29, 1.82) is 0 Å². The Bertz CT molecular complexity index is 817. The van der Waals surface area contributed by atoms with Gasteiger partial charge in [-0.1, -0.05) is 27.7 Å². The van der Waals surface area contributed by atoms with Crippen molar-refractivity contribution in [2.24, 2.45) is 35.6 Å². The number of ether oxygens (including phenoxy) is 1. The third kappa shape index (κ3) is 3.35. The lowest BCUT2D eigenvalue weighted by Gasteiger charge is -2.53. The van der Waals surface area contributed by atoms with Crippen molar-refractivity contribution in [2.45, 2.75) is 65.5 Å². The summed E-state index contributed by atoms with van der Waals surface area (Å²) in [7, 11) is 1.77. The smallest absolute Gasteiger partial charge is 0.269 e. The maximum atomic E-state index is 12.6. The molecule has 2 aliphatic carbocycles. The number of carbonyl (C=O) groups is 2. The normalized spacial score (nSPS) is 34.1. The van der Waals surface area contributed by atoms with Crippen LogP contribution in [0.25, 0.3) is 0 Å². The summed E-state index contributed by atoms with van der Waals surface area (Å²) in [4.78, 5) is 25.0. The summed E-state index contributed by atoms with van der Waals surface area (Å²) in [5, 5.41) is 10.5. The van der Waals surface area contributed by atoms with Gasteiger partial charge in [0.25, 0.3) is 5.91 Å². The van der Waals surface area contributed by atoms with Crippen LogP contribution < -0.4 is 10.6 Å². The monoisotopic (exact) mass is 416 g/mol. The molecule has 1 saturated heterocycles. The molecule has 1 spiro atoms. The molecular weight excluding hydrogens is 380 g/mol. The van der Waals surface area contributed by atoms with Crippen molar-refractivity contribution in [3.63, 3.8) is 0 Å². The van der Waals surface area contributed by atoms with Crippen LogP contribution in [0.2, 0.25) is 0 Å². The Kier molecular flexibility index (Phi) is 5.45. The average Bonchev–Trinajstić information content (AvgIpc) is 3.34. The van der Waals surface area contributed by atoms with E-state index in [-0.39, 0.29) is 40.7 Å². The highest BCUT2D eigenvalue weighted by Gasteiger charge is 2.68. The number of nitrogens with one attached hydrogen (secondary N) is 2. The van der Waals surface area contributed by atoms with E-state index in [1.54, 1.807) is 24.0 Å². The Labute approximate surface area is 179 Å². The summed E-state index contributed by atoms with van der Waals surface area (Å²) in [6.45, 7) is 9.88. The van der Waals surface area contributed by atoms with Gasteiger partial charge in [0.1, 0.15) is 5.69 Å². The van der Waals surface area contributed by atoms with Gasteiger partial charge in [-0.15, -0.1) is 0 Å². The van der Waals surface area contributed by atoms with E-state index < -0.39 is 0 Å². The quantitative estimate of drug-likeness (QED) is 0.746. The van der Waals surface area contributed by atoms with Gasteiger partial charge in [-0.3, -0.25) is 14.3 Å². The third-order valence-electron chi connectivity index (χ3n) is 8.20. The molecule has 3 aliphatic rings. The van der Waals surface area contributed by atoms with E-state index in [4.69, 9.17) is 4.74 Å². The Morgan fingerprint density at radius 1 is 1.37 bits per heavy atom. The maximum absolute atomic E-state index is 12.6. The van der Waals surface area contributed by atoms with E-state index in [9.17, 15) is 9.59 Å². The van der Waals surface area contributed by atoms with Crippen LogP contribution in [0.4, 0.5) is 0 Å². The van der Waals surface area contributed by atoms with E-state index in [2.05, 4.69) is 29.6 Å². The first-order chi connectivity index (χ1) is 14.2. The molecule has 7 heteroatoms. The predicted molar refractivity (Wildman–Crippen MR) is 114 cm³/mol. The van der Waals surface area contributed by atoms with Crippen molar-refractivity contribution in [3.05, 3.63) is 18.0 Å². The van der Waals surface area contributed by atoms with Gasteiger partial charge < -0.3 is 15.4 Å². The number of nitrogens with zero attached hydrogens (tertiary/aromatic N) is 2. The highest BCUT2D eigenvalue weighted by atomic mass is 16.5. The van der Waals surface area contributed by atoms with E-state index in [0.717, 1.165) is 25.9 Å². The molecule has 2 saturated carbocycles. The summed E-state index contributed by atoms with van der Waals surface area (Å²) in [6.07, 6.45) is 5.90. The van der Waals surface area contributed by atoms with Crippen LogP contribution in [0, 0.1) is 28.6 Å². The van der Waals surface area contributed by atoms with Crippen LogP contribution in [0.5, 0.6) is 0 Å². The molecule has 1 unspecified atom stereocenters. The van der Waals surface area contributed by atoms with E-state index in [1.807, 2.05) is 13.8 Å². The van der Waals surface area contributed by atoms with Gasteiger partial charge in [-0.25, -0.2) is 0 Å².